The van der Waals surface area contributed by atoms with Crippen LogP contribution in [0.15, 0.2) is 17.0 Å². The fourth-order valence-electron chi connectivity index (χ4n) is 3.21. The highest BCUT2D eigenvalue weighted by molar-refractivity contribution is 7.89. The highest BCUT2D eigenvalue weighted by Crippen LogP contribution is 2.35. The molecule has 0 aliphatic heterocycles. The lowest BCUT2D eigenvalue weighted by Gasteiger charge is -2.21. The van der Waals surface area contributed by atoms with Crippen LogP contribution in [-0.4, -0.2) is 14.5 Å². The van der Waals surface area contributed by atoms with Crippen molar-refractivity contribution in [3.63, 3.8) is 0 Å². The number of halogens is 1. The van der Waals surface area contributed by atoms with Crippen molar-refractivity contribution in [2.24, 2.45) is 11.8 Å². The molecule has 0 bridgehead atoms. The van der Waals surface area contributed by atoms with Crippen molar-refractivity contribution in [3.8, 4) is 0 Å². The van der Waals surface area contributed by atoms with E-state index in [0.29, 0.717) is 5.92 Å². The summed E-state index contributed by atoms with van der Waals surface area (Å²) in [5, 5.41) is 0. The molecule has 0 amide bonds. The Bertz CT molecular complexity index is 631. The summed E-state index contributed by atoms with van der Waals surface area (Å²) in [6.07, 6.45) is 2.89. The van der Waals surface area contributed by atoms with Gasteiger partial charge in [-0.25, -0.2) is 17.5 Å². The maximum absolute atomic E-state index is 13.7. The molecule has 1 aromatic rings. The van der Waals surface area contributed by atoms with E-state index in [4.69, 9.17) is 5.73 Å². The number of nitrogens with two attached hydrogens (primary N) is 1. The highest BCUT2D eigenvalue weighted by Gasteiger charge is 2.35. The number of rotatable bonds is 4. The van der Waals surface area contributed by atoms with E-state index in [0.717, 1.165) is 25.3 Å². The topological polar surface area (TPSA) is 72.2 Å². The number of benzene rings is 1. The van der Waals surface area contributed by atoms with Gasteiger partial charge in [0, 0.05) is 17.3 Å². The first-order chi connectivity index (χ1) is 9.76. The minimum Gasteiger partial charge on any atom is -0.399 e. The lowest BCUT2D eigenvalue weighted by atomic mass is 9.94. The normalized spacial score (nSPS) is 26.2. The smallest absolute Gasteiger partial charge is 0.241 e. The van der Waals surface area contributed by atoms with Gasteiger partial charge in [0.1, 0.15) is 5.82 Å². The Balaban J connectivity index is 2.28. The van der Waals surface area contributed by atoms with Gasteiger partial charge in [0.05, 0.1) is 4.90 Å². The van der Waals surface area contributed by atoms with Crippen LogP contribution in [0.3, 0.4) is 0 Å². The van der Waals surface area contributed by atoms with Crippen molar-refractivity contribution in [1.29, 1.82) is 0 Å². The molecule has 0 spiro atoms. The Morgan fingerprint density at radius 2 is 2.05 bits per heavy atom. The molecule has 0 aromatic heterocycles. The summed E-state index contributed by atoms with van der Waals surface area (Å²) in [6.45, 7) is 5.65. The number of hydrogen-bond acceptors (Lipinski definition) is 3. The number of nitrogens with one attached hydrogen (secondary N) is 1. The molecule has 1 aliphatic rings. The molecule has 1 aliphatic carbocycles. The van der Waals surface area contributed by atoms with E-state index < -0.39 is 15.8 Å². The van der Waals surface area contributed by atoms with Gasteiger partial charge in [-0.2, -0.15) is 0 Å². The molecule has 1 saturated carbocycles. The Labute approximate surface area is 126 Å². The molecule has 21 heavy (non-hydrogen) atoms. The molecule has 3 N–H and O–H groups in total. The van der Waals surface area contributed by atoms with E-state index in [1.54, 1.807) is 0 Å². The second-order valence-electron chi connectivity index (χ2n) is 5.96. The first-order valence-corrected chi connectivity index (χ1v) is 8.82. The monoisotopic (exact) mass is 314 g/mol. The summed E-state index contributed by atoms with van der Waals surface area (Å²) < 4.78 is 41.5. The Hall–Kier alpha value is -1.14. The third kappa shape index (κ3) is 3.21. The standard InChI is InChI=1S/C15H23FN2O2S/c1-4-11-5-6-14(9(11)2)18-21(19,20)15-8-12(17)7-13(16)10(15)3/h7-9,11,14,18H,4-6,17H2,1-3H3. The summed E-state index contributed by atoms with van der Waals surface area (Å²) in [5.74, 6) is 0.230. The lowest BCUT2D eigenvalue weighted by molar-refractivity contribution is 0.368. The predicted octanol–water partition coefficient (Wildman–Crippen LogP) is 2.82. The van der Waals surface area contributed by atoms with Gasteiger partial charge in [0.2, 0.25) is 10.0 Å². The summed E-state index contributed by atoms with van der Waals surface area (Å²) in [6, 6.07) is 2.36. The van der Waals surface area contributed by atoms with E-state index in [1.165, 1.54) is 13.0 Å². The van der Waals surface area contributed by atoms with Gasteiger partial charge < -0.3 is 5.73 Å². The van der Waals surface area contributed by atoms with Crippen molar-refractivity contribution >= 4 is 15.7 Å². The number of nitrogen functional groups attached to an aromatic ring is 1. The van der Waals surface area contributed by atoms with Crippen LogP contribution in [0, 0.1) is 24.6 Å². The molecular weight excluding hydrogens is 291 g/mol. The second-order valence-corrected chi connectivity index (χ2v) is 7.64. The molecule has 2 rings (SSSR count). The lowest BCUT2D eigenvalue weighted by Crippen LogP contribution is -2.37. The first-order valence-electron chi connectivity index (χ1n) is 7.34. The number of anilines is 1. The van der Waals surface area contributed by atoms with Crippen LogP contribution < -0.4 is 10.5 Å². The largest absolute Gasteiger partial charge is 0.399 e. The molecular formula is C15H23FN2O2S. The quantitative estimate of drug-likeness (QED) is 0.839. The Kier molecular flexibility index (Phi) is 4.58. The van der Waals surface area contributed by atoms with Gasteiger partial charge in [0.15, 0.2) is 0 Å². The molecule has 0 saturated heterocycles. The van der Waals surface area contributed by atoms with E-state index >= 15 is 0 Å². The van der Waals surface area contributed by atoms with E-state index in [9.17, 15) is 12.8 Å². The van der Waals surface area contributed by atoms with Crippen LogP contribution in [0.1, 0.15) is 38.7 Å². The summed E-state index contributed by atoms with van der Waals surface area (Å²) in [4.78, 5) is -0.0628. The van der Waals surface area contributed by atoms with Crippen LogP contribution in [0.5, 0.6) is 0 Å². The molecule has 1 aromatic carbocycles. The van der Waals surface area contributed by atoms with Crippen LogP contribution in [0.2, 0.25) is 0 Å². The minimum atomic E-state index is -3.75. The Morgan fingerprint density at radius 1 is 1.38 bits per heavy atom. The zero-order valence-corrected chi connectivity index (χ0v) is 13.5. The first kappa shape index (κ1) is 16.2. The number of hydrogen-bond donors (Lipinski definition) is 2. The van der Waals surface area contributed by atoms with E-state index in [-0.39, 0.29) is 28.1 Å². The van der Waals surface area contributed by atoms with Crippen molar-refractivity contribution in [2.75, 3.05) is 5.73 Å². The molecule has 3 atom stereocenters. The molecule has 4 nitrogen and oxygen atoms in total. The highest BCUT2D eigenvalue weighted by atomic mass is 32.2. The van der Waals surface area contributed by atoms with Crippen LogP contribution >= 0.6 is 0 Å². The van der Waals surface area contributed by atoms with Gasteiger partial charge in [0.25, 0.3) is 0 Å². The van der Waals surface area contributed by atoms with E-state index in [1.807, 2.05) is 0 Å². The summed E-state index contributed by atoms with van der Waals surface area (Å²) in [7, 11) is -3.75. The van der Waals surface area contributed by atoms with Gasteiger partial charge in [-0.15, -0.1) is 0 Å². The molecule has 0 heterocycles. The maximum atomic E-state index is 13.7. The zero-order valence-electron chi connectivity index (χ0n) is 12.7. The molecule has 6 heteroatoms. The fraction of sp³-hybridized carbons (Fsp3) is 0.600. The summed E-state index contributed by atoms with van der Waals surface area (Å²) >= 11 is 0. The molecule has 1 fully saturated rings. The average molecular weight is 314 g/mol. The minimum absolute atomic E-state index is 0.0628. The van der Waals surface area contributed by atoms with Crippen molar-refractivity contribution in [3.05, 3.63) is 23.5 Å². The second kappa shape index (κ2) is 5.93. The van der Waals surface area contributed by atoms with Crippen LogP contribution in [0.25, 0.3) is 0 Å². The zero-order chi connectivity index (χ0) is 15.8. The van der Waals surface area contributed by atoms with Crippen molar-refractivity contribution < 1.29 is 12.8 Å². The molecule has 0 radical (unpaired) electrons. The third-order valence-electron chi connectivity index (χ3n) is 4.67. The fourth-order valence-corrected chi connectivity index (χ4v) is 4.86. The van der Waals surface area contributed by atoms with Crippen molar-refractivity contribution in [1.82, 2.24) is 4.72 Å². The van der Waals surface area contributed by atoms with Crippen LogP contribution in [0.4, 0.5) is 10.1 Å². The van der Waals surface area contributed by atoms with Gasteiger partial charge >= 0.3 is 0 Å². The Morgan fingerprint density at radius 3 is 2.62 bits per heavy atom. The maximum Gasteiger partial charge on any atom is 0.241 e. The third-order valence-corrected chi connectivity index (χ3v) is 6.28. The predicted molar refractivity (Wildman–Crippen MR) is 81.8 cm³/mol. The van der Waals surface area contributed by atoms with Crippen molar-refractivity contribution in [2.45, 2.75) is 51.0 Å². The van der Waals surface area contributed by atoms with Gasteiger partial charge in [-0.3, -0.25) is 0 Å². The van der Waals surface area contributed by atoms with Gasteiger partial charge in [-0.1, -0.05) is 20.3 Å². The molecule has 3 unspecified atom stereocenters. The van der Waals surface area contributed by atoms with Crippen LogP contribution in [-0.2, 0) is 10.0 Å². The average Bonchev–Trinajstić information content (AvgIpc) is 2.74. The number of sulfonamides is 1. The SMILES string of the molecule is CCC1CCC(NS(=O)(=O)c2cc(N)cc(F)c2C)C1C. The molecule has 118 valence electrons. The summed E-state index contributed by atoms with van der Waals surface area (Å²) in [5.41, 5.74) is 5.79. The van der Waals surface area contributed by atoms with E-state index in [2.05, 4.69) is 18.6 Å². The van der Waals surface area contributed by atoms with Gasteiger partial charge in [-0.05, 0) is 43.7 Å².